The molecule has 1 aliphatic heterocycles. The van der Waals surface area contributed by atoms with E-state index < -0.39 is 22.3 Å². The first-order valence-corrected chi connectivity index (χ1v) is 10.8. The van der Waals surface area contributed by atoms with Crippen molar-refractivity contribution >= 4 is 46.5 Å². The van der Waals surface area contributed by atoms with Crippen molar-refractivity contribution in [3.63, 3.8) is 0 Å². The molecule has 7 nitrogen and oxygen atoms in total. The molecule has 1 saturated carbocycles. The average molecular weight is 446 g/mol. The zero-order chi connectivity index (χ0) is 21.6. The summed E-state index contributed by atoms with van der Waals surface area (Å²) in [7, 11) is 0. The molecule has 0 unspecified atom stereocenters. The van der Waals surface area contributed by atoms with Gasteiger partial charge in [0, 0.05) is 28.5 Å². The fourth-order valence-electron chi connectivity index (χ4n) is 4.44. The molecule has 0 bridgehead atoms. The summed E-state index contributed by atoms with van der Waals surface area (Å²) in [6.07, 6.45) is 0.449. The first kappa shape index (κ1) is 20.7. The van der Waals surface area contributed by atoms with Gasteiger partial charge in [-0.3, -0.25) is 14.9 Å². The Hall–Kier alpha value is -2.58. The first-order valence-electron chi connectivity index (χ1n) is 9.44. The summed E-state index contributed by atoms with van der Waals surface area (Å²) in [5.41, 5.74) is 1.95. The fraction of sp³-hybridized carbons (Fsp3) is 0.333. The number of carbonyl (C=O) groups is 2. The number of hydrogen-bond acceptors (Lipinski definition) is 7. The Balaban J connectivity index is 1.72. The number of nitrogens with zero attached hydrogens (tertiary/aromatic N) is 1. The van der Waals surface area contributed by atoms with E-state index in [0.29, 0.717) is 22.6 Å². The molecule has 9 heteroatoms. The van der Waals surface area contributed by atoms with Crippen LogP contribution in [0.15, 0.2) is 47.4 Å². The maximum Gasteiger partial charge on any atom is 0.282 e. The van der Waals surface area contributed by atoms with Gasteiger partial charge in [-0.25, -0.2) is 0 Å². The third kappa shape index (κ3) is 3.54. The molecule has 2 aliphatic rings. The molecule has 30 heavy (non-hydrogen) atoms. The number of nitro benzene ring substituents is 1. The molecule has 2 aromatic rings. The van der Waals surface area contributed by atoms with Gasteiger partial charge in [-0.15, -0.1) is 23.4 Å². The minimum absolute atomic E-state index is 0.00455. The quantitative estimate of drug-likeness (QED) is 0.325. The number of carboxylic acid groups (broad SMARTS) is 1. The monoisotopic (exact) mass is 445 g/mol. The van der Waals surface area contributed by atoms with Crippen LogP contribution in [0.5, 0.6) is 0 Å². The maximum atomic E-state index is 11.9. The van der Waals surface area contributed by atoms with Gasteiger partial charge in [-0.05, 0) is 49.1 Å². The summed E-state index contributed by atoms with van der Waals surface area (Å²) in [5.74, 6) is -1.98. The van der Waals surface area contributed by atoms with Gasteiger partial charge >= 0.3 is 0 Å². The SMILES string of the molecule is CC(=O)c1ccc2c(c1)[C@H]1[C@@H](Cl)[C@@H](Sc3ccccc3[N+](=O)[O-])C[C@H]1[C@H](C(=O)[O-])N2. The van der Waals surface area contributed by atoms with E-state index in [0.717, 1.165) is 5.56 Å². The van der Waals surface area contributed by atoms with E-state index in [4.69, 9.17) is 11.6 Å². The number of benzene rings is 2. The highest BCUT2D eigenvalue weighted by molar-refractivity contribution is 8.00. The predicted octanol–water partition coefficient (Wildman–Crippen LogP) is 3.21. The molecular formula is C21H18ClN2O5S-. The van der Waals surface area contributed by atoms with Gasteiger partial charge in [0.05, 0.1) is 27.2 Å². The number of aliphatic carboxylic acids is 1. The molecule has 1 N–H and O–H groups in total. The van der Waals surface area contributed by atoms with Crippen LogP contribution in [0.25, 0.3) is 0 Å². The standard InChI is InChI=1S/C21H19ClN2O5S/c1-10(25)11-6-7-14-12(8-11)18-13(20(23-14)21(26)27)9-17(19(18)22)30-16-5-3-2-4-15(16)24(28)29/h2-8,13,17-20,23H,9H2,1H3,(H,26,27)/p-1/t13-,17+,18-,19+,20-/m1/s1. The molecule has 4 rings (SSSR count). The van der Waals surface area contributed by atoms with Crippen molar-refractivity contribution in [1.82, 2.24) is 0 Å². The number of carbonyl (C=O) groups excluding carboxylic acids is 2. The highest BCUT2D eigenvalue weighted by atomic mass is 35.5. The van der Waals surface area contributed by atoms with Crippen molar-refractivity contribution in [2.75, 3.05) is 5.32 Å². The van der Waals surface area contributed by atoms with Crippen molar-refractivity contribution in [3.8, 4) is 0 Å². The van der Waals surface area contributed by atoms with Crippen LogP contribution in [-0.2, 0) is 4.79 Å². The second-order valence-corrected chi connectivity index (χ2v) is 9.34. The Morgan fingerprint density at radius 2 is 1.97 bits per heavy atom. The number of anilines is 1. The molecular weight excluding hydrogens is 428 g/mol. The number of rotatable bonds is 5. The molecule has 2 aromatic carbocycles. The Morgan fingerprint density at radius 1 is 1.23 bits per heavy atom. The van der Waals surface area contributed by atoms with Gasteiger partial charge < -0.3 is 15.2 Å². The lowest BCUT2D eigenvalue weighted by atomic mass is 9.79. The first-order chi connectivity index (χ1) is 14.3. The number of hydrogen-bond donors (Lipinski definition) is 1. The van der Waals surface area contributed by atoms with Crippen molar-refractivity contribution in [2.24, 2.45) is 5.92 Å². The number of fused-ring (bicyclic) bond motifs is 3. The molecule has 1 aliphatic carbocycles. The van der Waals surface area contributed by atoms with Gasteiger partial charge in [-0.2, -0.15) is 0 Å². The van der Waals surface area contributed by atoms with Crippen LogP contribution in [0.3, 0.4) is 0 Å². The number of carboxylic acids is 1. The predicted molar refractivity (Wildman–Crippen MR) is 112 cm³/mol. The summed E-state index contributed by atoms with van der Waals surface area (Å²) < 4.78 is 0. The summed E-state index contributed by atoms with van der Waals surface area (Å²) in [6.45, 7) is 1.47. The van der Waals surface area contributed by atoms with Crippen molar-refractivity contribution in [1.29, 1.82) is 0 Å². The van der Waals surface area contributed by atoms with Crippen LogP contribution in [-0.4, -0.2) is 33.3 Å². The van der Waals surface area contributed by atoms with E-state index in [9.17, 15) is 24.8 Å². The third-order valence-corrected chi connectivity index (χ3v) is 7.93. The lowest BCUT2D eigenvalue weighted by molar-refractivity contribution is -0.387. The van der Waals surface area contributed by atoms with Crippen LogP contribution >= 0.6 is 23.4 Å². The second kappa shape index (κ2) is 7.92. The van der Waals surface area contributed by atoms with Gasteiger partial charge in [-0.1, -0.05) is 12.1 Å². The van der Waals surface area contributed by atoms with Gasteiger partial charge in [0.25, 0.3) is 5.69 Å². The summed E-state index contributed by atoms with van der Waals surface area (Å²) in [4.78, 5) is 35.1. The highest BCUT2D eigenvalue weighted by Crippen LogP contribution is 2.55. The van der Waals surface area contributed by atoms with E-state index in [1.54, 1.807) is 36.4 Å². The molecule has 0 saturated heterocycles. The second-order valence-electron chi connectivity index (χ2n) is 7.55. The Kier molecular flexibility index (Phi) is 5.46. The summed E-state index contributed by atoms with van der Waals surface area (Å²) >= 11 is 8.14. The zero-order valence-corrected chi connectivity index (χ0v) is 17.5. The molecule has 1 heterocycles. The minimum Gasteiger partial charge on any atom is -0.548 e. The van der Waals surface area contributed by atoms with Crippen LogP contribution in [0, 0.1) is 16.0 Å². The number of nitrogens with one attached hydrogen (secondary N) is 1. The molecule has 0 aromatic heterocycles. The van der Waals surface area contributed by atoms with E-state index in [-0.39, 0.29) is 28.6 Å². The smallest absolute Gasteiger partial charge is 0.282 e. The topological polar surface area (TPSA) is 112 Å². The number of halogens is 1. The number of Topliss-reactive ketones (excluding diaryl/α,β-unsaturated/α-hetero) is 1. The van der Waals surface area contributed by atoms with E-state index in [1.165, 1.54) is 24.8 Å². The number of thioether (sulfide) groups is 1. The third-order valence-electron chi connectivity index (χ3n) is 5.81. The average Bonchev–Trinajstić information content (AvgIpc) is 3.03. The van der Waals surface area contributed by atoms with E-state index in [2.05, 4.69) is 5.32 Å². The highest BCUT2D eigenvalue weighted by Gasteiger charge is 2.50. The van der Waals surface area contributed by atoms with Gasteiger partial charge in [0.15, 0.2) is 5.78 Å². The van der Waals surface area contributed by atoms with Crippen molar-refractivity contribution in [2.45, 2.75) is 40.8 Å². The fourth-order valence-corrected chi connectivity index (χ4v) is 6.38. The Bertz CT molecular complexity index is 1050. The van der Waals surface area contributed by atoms with Crippen LogP contribution in [0.2, 0.25) is 0 Å². The molecule has 156 valence electrons. The number of alkyl halides is 1. The number of para-hydroxylation sites is 1. The number of nitro groups is 1. The minimum atomic E-state index is -1.22. The van der Waals surface area contributed by atoms with E-state index >= 15 is 0 Å². The maximum absolute atomic E-state index is 11.9. The summed E-state index contributed by atoms with van der Waals surface area (Å²) in [5, 5.41) is 25.5. The van der Waals surface area contributed by atoms with Crippen LogP contribution in [0.1, 0.15) is 35.2 Å². The Labute approximate surface area is 182 Å². The normalized spacial score (nSPS) is 26.9. The molecule has 0 spiro atoms. The lowest BCUT2D eigenvalue weighted by Gasteiger charge is -2.38. The Morgan fingerprint density at radius 3 is 2.63 bits per heavy atom. The molecule has 0 amide bonds. The molecule has 0 radical (unpaired) electrons. The lowest BCUT2D eigenvalue weighted by Crippen LogP contribution is -2.49. The van der Waals surface area contributed by atoms with Crippen LogP contribution < -0.4 is 10.4 Å². The van der Waals surface area contributed by atoms with E-state index in [1.807, 2.05) is 0 Å². The molecule has 5 atom stereocenters. The van der Waals surface area contributed by atoms with Crippen molar-refractivity contribution in [3.05, 3.63) is 63.7 Å². The number of ketones is 1. The van der Waals surface area contributed by atoms with Crippen molar-refractivity contribution < 1.29 is 19.6 Å². The summed E-state index contributed by atoms with van der Waals surface area (Å²) in [6, 6.07) is 10.6. The zero-order valence-electron chi connectivity index (χ0n) is 15.9. The van der Waals surface area contributed by atoms with Gasteiger partial charge in [0.2, 0.25) is 0 Å². The molecule has 1 fully saturated rings. The largest absolute Gasteiger partial charge is 0.548 e. The van der Waals surface area contributed by atoms with Gasteiger partial charge in [0.1, 0.15) is 0 Å². The van der Waals surface area contributed by atoms with Crippen LogP contribution in [0.4, 0.5) is 11.4 Å².